The number of nitrogens with one attached hydrogen (secondary N) is 1. The first kappa shape index (κ1) is 21.9. The SMILES string of the molecule is CC(CC1CCCCC1)NCc1ccccc1CS(=O)(=O)C[C@@H](C)C(=O)O. The molecule has 0 radical (unpaired) electrons. The second kappa shape index (κ2) is 10.2. The molecule has 0 spiro atoms. The van der Waals surface area contributed by atoms with Crippen LogP contribution in [0.4, 0.5) is 0 Å². The van der Waals surface area contributed by atoms with Crippen molar-refractivity contribution in [3.05, 3.63) is 35.4 Å². The molecule has 5 nitrogen and oxygen atoms in total. The molecular formula is C21H33NO4S. The Kier molecular flexibility index (Phi) is 8.29. The molecule has 27 heavy (non-hydrogen) atoms. The maximum atomic E-state index is 12.4. The summed E-state index contributed by atoms with van der Waals surface area (Å²) in [5, 5.41) is 12.5. The minimum atomic E-state index is -3.47. The molecule has 6 heteroatoms. The summed E-state index contributed by atoms with van der Waals surface area (Å²) in [5.41, 5.74) is 1.73. The maximum absolute atomic E-state index is 12.4. The van der Waals surface area contributed by atoms with Gasteiger partial charge < -0.3 is 10.4 Å². The van der Waals surface area contributed by atoms with Gasteiger partial charge in [-0.25, -0.2) is 8.42 Å². The molecular weight excluding hydrogens is 362 g/mol. The molecule has 0 aromatic heterocycles. The summed E-state index contributed by atoms with van der Waals surface area (Å²) >= 11 is 0. The summed E-state index contributed by atoms with van der Waals surface area (Å²) < 4.78 is 24.8. The summed E-state index contributed by atoms with van der Waals surface area (Å²) in [7, 11) is -3.47. The normalized spacial score (nSPS) is 18.1. The van der Waals surface area contributed by atoms with Crippen molar-refractivity contribution >= 4 is 15.8 Å². The zero-order chi connectivity index (χ0) is 19.9. The second-order valence-corrected chi connectivity index (χ2v) is 10.2. The first-order chi connectivity index (χ1) is 12.8. The van der Waals surface area contributed by atoms with Crippen LogP contribution < -0.4 is 5.32 Å². The molecule has 0 saturated heterocycles. The van der Waals surface area contributed by atoms with Gasteiger partial charge in [-0.05, 0) is 30.4 Å². The Labute approximate surface area is 163 Å². The van der Waals surface area contributed by atoms with Gasteiger partial charge >= 0.3 is 5.97 Å². The van der Waals surface area contributed by atoms with E-state index in [0.717, 1.165) is 23.5 Å². The summed E-state index contributed by atoms with van der Waals surface area (Å²) in [4.78, 5) is 11.0. The van der Waals surface area contributed by atoms with Gasteiger partial charge in [0.1, 0.15) is 0 Å². The molecule has 0 amide bonds. The number of rotatable bonds is 10. The molecule has 1 aliphatic rings. The molecule has 1 unspecified atom stereocenters. The zero-order valence-corrected chi connectivity index (χ0v) is 17.3. The van der Waals surface area contributed by atoms with E-state index in [2.05, 4.69) is 12.2 Å². The third-order valence-electron chi connectivity index (χ3n) is 5.47. The van der Waals surface area contributed by atoms with Crippen molar-refractivity contribution in [3.63, 3.8) is 0 Å². The number of aliphatic carboxylic acids is 1. The lowest BCUT2D eigenvalue weighted by Crippen LogP contribution is -2.29. The highest BCUT2D eigenvalue weighted by Crippen LogP contribution is 2.27. The molecule has 2 rings (SSSR count). The van der Waals surface area contributed by atoms with Crippen LogP contribution in [0.15, 0.2) is 24.3 Å². The van der Waals surface area contributed by atoms with Crippen LogP contribution in [-0.4, -0.2) is 31.3 Å². The topological polar surface area (TPSA) is 83.5 Å². The monoisotopic (exact) mass is 395 g/mol. The molecule has 2 N–H and O–H groups in total. The molecule has 152 valence electrons. The summed E-state index contributed by atoms with van der Waals surface area (Å²) in [6.07, 6.45) is 7.85. The van der Waals surface area contributed by atoms with Gasteiger partial charge in [0.05, 0.1) is 17.4 Å². The first-order valence-corrected chi connectivity index (χ1v) is 11.8. The van der Waals surface area contributed by atoms with Gasteiger partial charge in [0.15, 0.2) is 9.84 Å². The Balaban J connectivity index is 1.93. The maximum Gasteiger partial charge on any atom is 0.307 e. The molecule has 0 aliphatic heterocycles. The summed E-state index contributed by atoms with van der Waals surface area (Å²) in [5.74, 6) is -1.61. The minimum absolute atomic E-state index is 0.112. The molecule has 0 bridgehead atoms. The van der Waals surface area contributed by atoms with E-state index < -0.39 is 21.7 Å². The smallest absolute Gasteiger partial charge is 0.307 e. The van der Waals surface area contributed by atoms with Gasteiger partial charge in [-0.1, -0.05) is 63.3 Å². The van der Waals surface area contributed by atoms with Crippen LogP contribution in [0, 0.1) is 11.8 Å². The Bertz CT molecular complexity index is 711. The largest absolute Gasteiger partial charge is 0.481 e. The number of carbonyl (C=O) groups is 1. The Morgan fingerprint density at radius 3 is 2.41 bits per heavy atom. The van der Waals surface area contributed by atoms with E-state index in [4.69, 9.17) is 5.11 Å². The fourth-order valence-corrected chi connectivity index (χ4v) is 5.69. The average Bonchev–Trinajstić information content (AvgIpc) is 2.61. The van der Waals surface area contributed by atoms with Crippen molar-refractivity contribution in [3.8, 4) is 0 Å². The average molecular weight is 396 g/mol. The minimum Gasteiger partial charge on any atom is -0.481 e. The van der Waals surface area contributed by atoms with Gasteiger partial charge in [-0.15, -0.1) is 0 Å². The number of hydrogen-bond acceptors (Lipinski definition) is 4. The summed E-state index contributed by atoms with van der Waals surface area (Å²) in [6, 6.07) is 7.92. The third-order valence-corrected chi connectivity index (χ3v) is 7.23. The highest BCUT2D eigenvalue weighted by Gasteiger charge is 2.22. The zero-order valence-electron chi connectivity index (χ0n) is 16.5. The van der Waals surface area contributed by atoms with E-state index in [1.165, 1.54) is 39.0 Å². The van der Waals surface area contributed by atoms with E-state index in [-0.39, 0.29) is 11.5 Å². The molecule has 1 aliphatic carbocycles. The van der Waals surface area contributed by atoms with Crippen LogP contribution in [0.1, 0.15) is 63.5 Å². The molecule has 1 saturated carbocycles. The van der Waals surface area contributed by atoms with Gasteiger partial charge in [-0.3, -0.25) is 4.79 Å². The lowest BCUT2D eigenvalue weighted by Gasteiger charge is -2.25. The quantitative estimate of drug-likeness (QED) is 0.630. The van der Waals surface area contributed by atoms with Crippen molar-refractivity contribution in [2.75, 3.05) is 5.75 Å². The highest BCUT2D eigenvalue weighted by atomic mass is 32.2. The number of hydrogen-bond donors (Lipinski definition) is 2. The molecule has 1 fully saturated rings. The van der Waals surface area contributed by atoms with E-state index in [1.807, 2.05) is 24.3 Å². The first-order valence-electron chi connectivity index (χ1n) is 10.00. The van der Waals surface area contributed by atoms with Crippen LogP contribution in [0.5, 0.6) is 0 Å². The number of benzene rings is 1. The number of carboxylic acid groups (broad SMARTS) is 1. The van der Waals surface area contributed by atoms with E-state index in [0.29, 0.717) is 12.6 Å². The standard InChI is InChI=1S/C21H33NO4S/c1-16(21(23)24)14-27(25,26)15-20-11-7-6-10-19(20)13-22-17(2)12-18-8-4-3-5-9-18/h6-7,10-11,16-18,22H,3-5,8-9,12-15H2,1-2H3,(H,23,24)/t16-,17?/m1/s1. The van der Waals surface area contributed by atoms with Crippen LogP contribution in [-0.2, 0) is 26.9 Å². The summed E-state index contributed by atoms with van der Waals surface area (Å²) in [6.45, 7) is 4.26. The lowest BCUT2D eigenvalue weighted by molar-refractivity contribution is -0.140. The van der Waals surface area contributed by atoms with Crippen LogP contribution in [0.2, 0.25) is 0 Å². The predicted octanol–water partition coefficient (Wildman–Crippen LogP) is 3.77. The second-order valence-electron chi connectivity index (χ2n) is 8.08. The molecule has 1 aromatic rings. The van der Waals surface area contributed by atoms with Crippen molar-refractivity contribution in [1.29, 1.82) is 0 Å². The Morgan fingerprint density at radius 1 is 1.15 bits per heavy atom. The molecule has 1 aromatic carbocycles. The van der Waals surface area contributed by atoms with E-state index >= 15 is 0 Å². The van der Waals surface area contributed by atoms with Crippen LogP contribution in [0.25, 0.3) is 0 Å². The number of sulfone groups is 1. The highest BCUT2D eigenvalue weighted by molar-refractivity contribution is 7.90. The van der Waals surface area contributed by atoms with Crippen molar-refractivity contribution in [1.82, 2.24) is 5.32 Å². The van der Waals surface area contributed by atoms with Crippen molar-refractivity contribution in [2.45, 2.75) is 70.7 Å². The van der Waals surface area contributed by atoms with Crippen LogP contribution in [0.3, 0.4) is 0 Å². The van der Waals surface area contributed by atoms with Gasteiger partial charge in [0.25, 0.3) is 0 Å². The van der Waals surface area contributed by atoms with E-state index in [9.17, 15) is 13.2 Å². The van der Waals surface area contributed by atoms with E-state index in [1.54, 1.807) is 0 Å². The number of carboxylic acids is 1. The van der Waals surface area contributed by atoms with Crippen molar-refractivity contribution < 1.29 is 18.3 Å². The Hall–Kier alpha value is -1.40. The van der Waals surface area contributed by atoms with Gasteiger partial charge in [0, 0.05) is 12.6 Å². The van der Waals surface area contributed by atoms with Gasteiger partial charge in [0.2, 0.25) is 0 Å². The molecule has 2 atom stereocenters. The molecule has 0 heterocycles. The predicted molar refractivity (Wildman–Crippen MR) is 108 cm³/mol. The third kappa shape index (κ3) is 7.62. The van der Waals surface area contributed by atoms with Crippen molar-refractivity contribution in [2.24, 2.45) is 11.8 Å². The fourth-order valence-electron chi connectivity index (χ4n) is 3.91. The fraction of sp³-hybridized carbons (Fsp3) is 0.667. The van der Waals surface area contributed by atoms with Gasteiger partial charge in [-0.2, -0.15) is 0 Å². The lowest BCUT2D eigenvalue weighted by atomic mass is 9.85. The van der Waals surface area contributed by atoms with Crippen LogP contribution >= 0.6 is 0 Å². The Morgan fingerprint density at radius 2 is 1.78 bits per heavy atom.